The molecule has 0 aromatic heterocycles. The van der Waals surface area contributed by atoms with Crippen molar-refractivity contribution in [1.29, 1.82) is 0 Å². The Kier molecular flexibility index (Phi) is 3.60. The summed E-state index contributed by atoms with van der Waals surface area (Å²) in [6.07, 6.45) is 0. The van der Waals surface area contributed by atoms with Crippen LogP contribution in [0.3, 0.4) is 0 Å². The van der Waals surface area contributed by atoms with E-state index in [0.29, 0.717) is 5.56 Å². The first-order valence-electron chi connectivity index (χ1n) is 5.35. The predicted octanol–water partition coefficient (Wildman–Crippen LogP) is 3.94. The van der Waals surface area contributed by atoms with Gasteiger partial charge in [-0.25, -0.2) is 4.39 Å². The Morgan fingerprint density at radius 2 is 1.94 bits per heavy atom. The molecule has 2 aromatic rings. The molecule has 2 rings (SSSR count). The minimum absolute atomic E-state index is 0.284. The second-order valence-electron chi connectivity index (χ2n) is 4.06. The van der Waals surface area contributed by atoms with Gasteiger partial charge in [0.25, 0.3) is 0 Å². The van der Waals surface area contributed by atoms with Crippen LogP contribution in [-0.2, 0) is 0 Å². The van der Waals surface area contributed by atoms with E-state index in [9.17, 15) is 4.39 Å². The Balaban J connectivity index is 2.40. The van der Waals surface area contributed by atoms with Gasteiger partial charge in [-0.15, -0.1) is 0 Å². The molecule has 0 spiro atoms. The fraction of sp³-hybridized carbons (Fsp3) is 0.143. The van der Waals surface area contributed by atoms with Crippen molar-refractivity contribution in [2.75, 3.05) is 0 Å². The first-order valence-corrected chi connectivity index (χ1v) is 6.14. The lowest BCUT2D eigenvalue weighted by molar-refractivity contribution is 0.599. The molecule has 1 nitrogen and oxygen atoms in total. The number of rotatable bonds is 2. The lowest BCUT2D eigenvalue weighted by Crippen LogP contribution is -2.13. The van der Waals surface area contributed by atoms with Crippen LogP contribution in [0.1, 0.15) is 22.7 Å². The highest BCUT2D eigenvalue weighted by atomic mass is 79.9. The van der Waals surface area contributed by atoms with Crippen LogP contribution in [0.25, 0.3) is 0 Å². The summed E-state index contributed by atoms with van der Waals surface area (Å²) in [5.41, 5.74) is 8.64. The SMILES string of the molecule is Cc1cccc(C(N)c2ccc(Br)cc2F)c1. The third-order valence-electron chi connectivity index (χ3n) is 2.70. The molecular formula is C14H13BrFN. The van der Waals surface area contributed by atoms with Crippen molar-refractivity contribution in [3.05, 3.63) is 69.4 Å². The average molecular weight is 294 g/mol. The third-order valence-corrected chi connectivity index (χ3v) is 3.19. The summed E-state index contributed by atoms with van der Waals surface area (Å²) in [7, 11) is 0. The van der Waals surface area contributed by atoms with Crippen LogP contribution in [0, 0.1) is 12.7 Å². The summed E-state index contributed by atoms with van der Waals surface area (Å²) >= 11 is 3.23. The smallest absolute Gasteiger partial charge is 0.129 e. The summed E-state index contributed by atoms with van der Waals surface area (Å²) in [4.78, 5) is 0. The second kappa shape index (κ2) is 4.98. The van der Waals surface area contributed by atoms with Gasteiger partial charge in [0.05, 0.1) is 6.04 Å². The molecule has 0 bridgehead atoms. The summed E-state index contributed by atoms with van der Waals surface area (Å²) in [5.74, 6) is -0.284. The summed E-state index contributed by atoms with van der Waals surface area (Å²) in [6, 6.07) is 12.3. The monoisotopic (exact) mass is 293 g/mol. The average Bonchev–Trinajstić information content (AvgIpc) is 2.28. The maximum atomic E-state index is 13.8. The van der Waals surface area contributed by atoms with E-state index < -0.39 is 6.04 Å². The fourth-order valence-electron chi connectivity index (χ4n) is 1.80. The molecule has 0 heterocycles. The lowest BCUT2D eigenvalue weighted by Gasteiger charge is -2.14. The standard InChI is InChI=1S/C14H13BrFN/c1-9-3-2-4-10(7-9)14(17)12-6-5-11(15)8-13(12)16/h2-8,14H,17H2,1H3. The van der Waals surface area contributed by atoms with Crippen LogP contribution in [0.4, 0.5) is 4.39 Å². The fourth-order valence-corrected chi connectivity index (χ4v) is 2.13. The van der Waals surface area contributed by atoms with E-state index in [4.69, 9.17) is 5.73 Å². The van der Waals surface area contributed by atoms with E-state index in [1.54, 1.807) is 12.1 Å². The molecule has 1 unspecified atom stereocenters. The topological polar surface area (TPSA) is 26.0 Å². The molecule has 0 fully saturated rings. The molecule has 0 saturated heterocycles. The maximum Gasteiger partial charge on any atom is 0.129 e. The summed E-state index contributed by atoms with van der Waals surface area (Å²) in [5, 5.41) is 0. The third kappa shape index (κ3) is 2.73. The first kappa shape index (κ1) is 12.3. The Morgan fingerprint density at radius 3 is 2.59 bits per heavy atom. The highest BCUT2D eigenvalue weighted by molar-refractivity contribution is 9.10. The molecule has 2 N–H and O–H groups in total. The molecule has 2 aromatic carbocycles. The second-order valence-corrected chi connectivity index (χ2v) is 4.97. The number of benzene rings is 2. The minimum Gasteiger partial charge on any atom is -0.320 e. The van der Waals surface area contributed by atoms with Crippen LogP contribution in [0.15, 0.2) is 46.9 Å². The van der Waals surface area contributed by atoms with Gasteiger partial charge >= 0.3 is 0 Å². The molecule has 17 heavy (non-hydrogen) atoms. The summed E-state index contributed by atoms with van der Waals surface area (Å²) in [6.45, 7) is 1.99. The zero-order chi connectivity index (χ0) is 12.4. The maximum absolute atomic E-state index is 13.8. The Labute approximate surface area is 109 Å². The molecule has 88 valence electrons. The van der Waals surface area contributed by atoms with Crippen molar-refractivity contribution < 1.29 is 4.39 Å². The molecule has 0 aliphatic rings. The van der Waals surface area contributed by atoms with Crippen LogP contribution in [0.5, 0.6) is 0 Å². The molecule has 3 heteroatoms. The van der Waals surface area contributed by atoms with Crippen molar-refractivity contribution in [3.8, 4) is 0 Å². The Hall–Kier alpha value is -1.19. The number of nitrogens with two attached hydrogens (primary N) is 1. The number of halogens is 2. The van der Waals surface area contributed by atoms with E-state index in [-0.39, 0.29) is 5.82 Å². The normalized spacial score (nSPS) is 12.5. The van der Waals surface area contributed by atoms with Gasteiger partial charge in [-0.1, -0.05) is 51.8 Å². The van der Waals surface area contributed by atoms with Gasteiger partial charge in [0, 0.05) is 10.0 Å². The zero-order valence-electron chi connectivity index (χ0n) is 9.45. The van der Waals surface area contributed by atoms with Crippen molar-refractivity contribution in [1.82, 2.24) is 0 Å². The number of hydrogen-bond donors (Lipinski definition) is 1. The Morgan fingerprint density at radius 1 is 1.18 bits per heavy atom. The molecule has 1 atom stereocenters. The van der Waals surface area contributed by atoms with E-state index in [1.807, 2.05) is 31.2 Å². The van der Waals surface area contributed by atoms with Gasteiger partial charge in [-0.2, -0.15) is 0 Å². The van der Waals surface area contributed by atoms with E-state index in [1.165, 1.54) is 6.07 Å². The van der Waals surface area contributed by atoms with Crippen molar-refractivity contribution in [2.24, 2.45) is 5.73 Å². The molecule has 0 saturated carbocycles. The Bertz CT molecular complexity index is 539. The van der Waals surface area contributed by atoms with Crippen molar-refractivity contribution in [3.63, 3.8) is 0 Å². The van der Waals surface area contributed by atoms with Gasteiger partial charge in [0.2, 0.25) is 0 Å². The predicted molar refractivity (Wildman–Crippen MR) is 71.3 cm³/mol. The quantitative estimate of drug-likeness (QED) is 0.892. The highest BCUT2D eigenvalue weighted by Crippen LogP contribution is 2.25. The van der Waals surface area contributed by atoms with Crippen LogP contribution in [0.2, 0.25) is 0 Å². The van der Waals surface area contributed by atoms with Crippen LogP contribution >= 0.6 is 15.9 Å². The van der Waals surface area contributed by atoms with Crippen molar-refractivity contribution >= 4 is 15.9 Å². The molecule has 0 radical (unpaired) electrons. The van der Waals surface area contributed by atoms with Gasteiger partial charge in [-0.05, 0) is 24.6 Å². The van der Waals surface area contributed by atoms with Crippen LogP contribution < -0.4 is 5.73 Å². The molecule has 0 aliphatic carbocycles. The highest BCUT2D eigenvalue weighted by Gasteiger charge is 2.13. The van der Waals surface area contributed by atoms with Gasteiger partial charge in [0.15, 0.2) is 0 Å². The number of hydrogen-bond acceptors (Lipinski definition) is 1. The molecular weight excluding hydrogens is 281 g/mol. The lowest BCUT2D eigenvalue weighted by atomic mass is 9.98. The van der Waals surface area contributed by atoms with Crippen molar-refractivity contribution in [2.45, 2.75) is 13.0 Å². The van der Waals surface area contributed by atoms with E-state index in [0.717, 1.165) is 15.6 Å². The molecule has 0 aliphatic heterocycles. The van der Waals surface area contributed by atoms with Gasteiger partial charge in [0.1, 0.15) is 5.82 Å². The largest absolute Gasteiger partial charge is 0.320 e. The van der Waals surface area contributed by atoms with E-state index >= 15 is 0 Å². The zero-order valence-corrected chi connectivity index (χ0v) is 11.0. The first-order chi connectivity index (χ1) is 8.08. The summed E-state index contributed by atoms with van der Waals surface area (Å²) < 4.78 is 14.5. The van der Waals surface area contributed by atoms with Gasteiger partial charge in [-0.3, -0.25) is 0 Å². The molecule has 0 amide bonds. The minimum atomic E-state index is -0.428. The van der Waals surface area contributed by atoms with Gasteiger partial charge < -0.3 is 5.73 Å². The van der Waals surface area contributed by atoms with Crippen LogP contribution in [-0.4, -0.2) is 0 Å². The number of aryl methyl sites for hydroxylation is 1. The van der Waals surface area contributed by atoms with E-state index in [2.05, 4.69) is 15.9 Å².